The van der Waals surface area contributed by atoms with E-state index in [9.17, 15) is 8.42 Å². The van der Waals surface area contributed by atoms with Gasteiger partial charge in [-0.1, -0.05) is 0 Å². The van der Waals surface area contributed by atoms with Crippen molar-refractivity contribution in [2.24, 2.45) is 0 Å². The Morgan fingerprint density at radius 3 is 2.79 bits per heavy atom. The van der Waals surface area contributed by atoms with Gasteiger partial charge in [-0.05, 0) is 37.6 Å². The highest BCUT2D eigenvalue weighted by atomic mass is 32.2. The van der Waals surface area contributed by atoms with Crippen molar-refractivity contribution in [3.8, 4) is 11.6 Å². The number of nitrogens with zero attached hydrogens (tertiary/aromatic N) is 4. The van der Waals surface area contributed by atoms with Crippen molar-refractivity contribution in [1.29, 1.82) is 0 Å². The second-order valence-electron chi connectivity index (χ2n) is 6.74. The van der Waals surface area contributed by atoms with Crippen LogP contribution >= 0.6 is 0 Å². The molecule has 3 heterocycles. The van der Waals surface area contributed by atoms with Gasteiger partial charge in [0.2, 0.25) is 10.0 Å². The van der Waals surface area contributed by atoms with Crippen molar-refractivity contribution >= 4 is 15.8 Å². The molecule has 0 unspecified atom stereocenters. The van der Waals surface area contributed by atoms with E-state index < -0.39 is 10.0 Å². The number of hydrogen-bond donors (Lipinski definition) is 2. The molecule has 0 fully saturated rings. The first-order valence-corrected chi connectivity index (χ1v) is 10.7. The molecule has 0 saturated carbocycles. The molecule has 29 heavy (non-hydrogen) atoms. The third-order valence-electron chi connectivity index (χ3n) is 4.85. The number of sulfonamides is 1. The minimum Gasteiger partial charge on any atom is -0.493 e. The van der Waals surface area contributed by atoms with Crippen LogP contribution < -0.4 is 14.8 Å². The number of anilines is 1. The second-order valence-corrected chi connectivity index (χ2v) is 8.51. The Labute approximate surface area is 169 Å². The SMILES string of the molecule is Cc1ncn(-c2cc(NCCNS(=O)(=O)c3ccc4c(c3)CCO4)ncn2)c1C. The normalized spacial score (nSPS) is 13.2. The van der Waals surface area contributed by atoms with Gasteiger partial charge in [-0.3, -0.25) is 4.57 Å². The van der Waals surface area contributed by atoms with Gasteiger partial charge < -0.3 is 10.1 Å². The molecule has 0 amide bonds. The van der Waals surface area contributed by atoms with E-state index in [-0.39, 0.29) is 11.4 Å². The largest absolute Gasteiger partial charge is 0.493 e. The summed E-state index contributed by atoms with van der Waals surface area (Å²) in [5, 5.41) is 3.11. The van der Waals surface area contributed by atoms with Crippen LogP contribution in [-0.2, 0) is 16.4 Å². The maximum Gasteiger partial charge on any atom is 0.240 e. The number of hydrogen-bond acceptors (Lipinski definition) is 7. The number of aromatic nitrogens is 4. The lowest BCUT2D eigenvalue weighted by Gasteiger charge is -2.10. The fraction of sp³-hybridized carbons (Fsp3) is 0.316. The van der Waals surface area contributed by atoms with E-state index >= 15 is 0 Å². The number of benzene rings is 1. The van der Waals surface area contributed by atoms with Gasteiger partial charge in [0.05, 0.1) is 17.2 Å². The summed E-state index contributed by atoms with van der Waals surface area (Å²) in [6.07, 6.45) is 3.90. The maximum absolute atomic E-state index is 12.5. The molecule has 3 aromatic rings. The molecule has 9 nitrogen and oxygen atoms in total. The molecule has 1 aromatic carbocycles. The Morgan fingerprint density at radius 2 is 2.00 bits per heavy atom. The molecule has 1 aliphatic rings. The number of aryl methyl sites for hydroxylation is 1. The van der Waals surface area contributed by atoms with E-state index in [1.807, 2.05) is 18.4 Å². The summed E-state index contributed by atoms with van der Waals surface area (Å²) >= 11 is 0. The molecule has 1 aliphatic heterocycles. The molecule has 4 rings (SSSR count). The molecule has 0 spiro atoms. The van der Waals surface area contributed by atoms with Crippen LogP contribution in [0.3, 0.4) is 0 Å². The fourth-order valence-electron chi connectivity index (χ4n) is 3.09. The average molecular weight is 414 g/mol. The van der Waals surface area contributed by atoms with E-state index in [4.69, 9.17) is 4.74 Å². The van der Waals surface area contributed by atoms with Crippen molar-refractivity contribution in [2.75, 3.05) is 25.0 Å². The third-order valence-corrected chi connectivity index (χ3v) is 6.30. The molecule has 0 atom stereocenters. The predicted molar refractivity (Wildman–Crippen MR) is 108 cm³/mol. The first kappa shape index (κ1) is 19.3. The standard InChI is InChI=1S/C19H22N6O3S/c1-13-14(2)25(12-23-13)19-10-18(21-11-22-19)20-6-7-24-29(26,27)16-3-4-17-15(9-16)5-8-28-17/h3-4,9-12,24H,5-8H2,1-2H3,(H,20,21,22). The van der Waals surface area contributed by atoms with Gasteiger partial charge in [0, 0.05) is 31.3 Å². The number of ether oxygens (including phenoxy) is 1. The highest BCUT2D eigenvalue weighted by molar-refractivity contribution is 7.89. The first-order valence-electron chi connectivity index (χ1n) is 9.26. The summed E-state index contributed by atoms with van der Waals surface area (Å²) in [5.41, 5.74) is 2.86. The molecule has 0 saturated heterocycles. The Hall–Kier alpha value is -2.98. The zero-order valence-electron chi connectivity index (χ0n) is 16.2. The van der Waals surface area contributed by atoms with Crippen molar-refractivity contribution < 1.29 is 13.2 Å². The number of fused-ring (bicyclic) bond motifs is 1. The van der Waals surface area contributed by atoms with E-state index in [1.54, 1.807) is 30.6 Å². The minimum absolute atomic E-state index is 0.221. The van der Waals surface area contributed by atoms with Gasteiger partial charge in [-0.2, -0.15) is 0 Å². The summed E-state index contributed by atoms with van der Waals surface area (Å²) in [6.45, 7) is 5.10. The van der Waals surface area contributed by atoms with Gasteiger partial charge in [0.25, 0.3) is 0 Å². The monoisotopic (exact) mass is 414 g/mol. The molecule has 0 bridgehead atoms. The van der Waals surface area contributed by atoms with E-state index in [1.165, 1.54) is 6.33 Å². The maximum atomic E-state index is 12.5. The van der Waals surface area contributed by atoms with E-state index in [0.29, 0.717) is 24.8 Å². The Kier molecular flexibility index (Phi) is 5.20. The van der Waals surface area contributed by atoms with Crippen molar-refractivity contribution in [3.05, 3.63) is 53.9 Å². The lowest BCUT2D eigenvalue weighted by atomic mass is 10.2. The third kappa shape index (κ3) is 4.08. The summed E-state index contributed by atoms with van der Waals surface area (Å²) in [5.74, 6) is 2.06. The van der Waals surface area contributed by atoms with Crippen LogP contribution in [0.15, 0.2) is 41.8 Å². The van der Waals surface area contributed by atoms with Crippen LogP contribution in [0, 0.1) is 13.8 Å². The molecule has 2 N–H and O–H groups in total. The quantitative estimate of drug-likeness (QED) is 0.565. The van der Waals surface area contributed by atoms with Crippen molar-refractivity contribution in [3.63, 3.8) is 0 Å². The number of imidazole rings is 1. The van der Waals surface area contributed by atoms with E-state index in [2.05, 4.69) is 25.0 Å². The molecular weight excluding hydrogens is 392 g/mol. The molecule has 2 aromatic heterocycles. The molecule has 0 aliphatic carbocycles. The van der Waals surface area contributed by atoms with Crippen LogP contribution in [0.5, 0.6) is 5.75 Å². The molecule has 10 heteroatoms. The summed E-state index contributed by atoms with van der Waals surface area (Å²) in [7, 11) is -3.58. The highest BCUT2D eigenvalue weighted by Crippen LogP contribution is 2.27. The Bertz CT molecular complexity index is 1140. The number of nitrogens with one attached hydrogen (secondary N) is 2. The van der Waals surface area contributed by atoms with Gasteiger partial charge >= 0.3 is 0 Å². The molecular formula is C19H22N6O3S. The van der Waals surface area contributed by atoms with Gasteiger partial charge in [-0.15, -0.1) is 0 Å². The molecule has 0 radical (unpaired) electrons. The van der Waals surface area contributed by atoms with E-state index in [0.717, 1.165) is 29.1 Å². The molecule has 152 valence electrons. The van der Waals surface area contributed by atoms with Crippen LogP contribution in [0.2, 0.25) is 0 Å². The smallest absolute Gasteiger partial charge is 0.240 e. The van der Waals surface area contributed by atoms with Crippen molar-refractivity contribution in [1.82, 2.24) is 24.2 Å². The van der Waals surface area contributed by atoms with Crippen LogP contribution in [-0.4, -0.2) is 47.6 Å². The van der Waals surface area contributed by atoms with Crippen molar-refractivity contribution in [2.45, 2.75) is 25.2 Å². The predicted octanol–water partition coefficient (Wildman–Crippen LogP) is 1.60. The first-order chi connectivity index (χ1) is 13.9. The summed E-state index contributed by atoms with van der Waals surface area (Å²) < 4.78 is 34.9. The lowest BCUT2D eigenvalue weighted by Crippen LogP contribution is -2.29. The van der Waals surface area contributed by atoms with Gasteiger partial charge in [-0.25, -0.2) is 28.1 Å². The zero-order chi connectivity index (χ0) is 20.4. The lowest BCUT2D eigenvalue weighted by molar-refractivity contribution is 0.356. The zero-order valence-corrected chi connectivity index (χ0v) is 17.0. The van der Waals surface area contributed by atoms with Crippen LogP contribution in [0.4, 0.5) is 5.82 Å². The van der Waals surface area contributed by atoms with Gasteiger partial charge in [0.15, 0.2) is 0 Å². The fourth-order valence-corrected chi connectivity index (χ4v) is 4.18. The average Bonchev–Trinajstić information content (AvgIpc) is 3.32. The minimum atomic E-state index is -3.58. The summed E-state index contributed by atoms with van der Waals surface area (Å²) in [4.78, 5) is 13.0. The number of rotatable bonds is 7. The second kappa shape index (κ2) is 7.80. The van der Waals surface area contributed by atoms with Crippen LogP contribution in [0.25, 0.3) is 5.82 Å². The van der Waals surface area contributed by atoms with Crippen LogP contribution in [0.1, 0.15) is 17.0 Å². The topological polar surface area (TPSA) is 111 Å². The highest BCUT2D eigenvalue weighted by Gasteiger charge is 2.18. The van der Waals surface area contributed by atoms with Gasteiger partial charge in [0.1, 0.15) is 30.0 Å². The summed E-state index contributed by atoms with van der Waals surface area (Å²) in [6, 6.07) is 6.73. The Balaban J connectivity index is 1.36. The Morgan fingerprint density at radius 1 is 1.14 bits per heavy atom.